The number of nitrogens with two attached hydrogens (primary N) is 1. The van der Waals surface area contributed by atoms with E-state index in [2.05, 4.69) is 12.1 Å². The Balaban J connectivity index is 1.86. The monoisotopic (exact) mass is 308 g/mol. The maximum atomic E-state index is 12.3. The average Bonchev–Trinajstić information content (AvgIpc) is 2.53. The molecule has 116 valence electrons. The van der Waals surface area contributed by atoms with E-state index in [1.807, 2.05) is 29.4 Å². The molecule has 1 aliphatic heterocycles. The van der Waals surface area contributed by atoms with E-state index in [1.165, 1.54) is 5.56 Å². The van der Waals surface area contributed by atoms with Crippen LogP contribution in [0.3, 0.4) is 0 Å². The molecule has 1 aromatic carbocycles. The number of hydrogen-bond acceptors (Lipinski definition) is 4. The fourth-order valence-electron chi connectivity index (χ4n) is 2.52. The molecule has 0 spiro atoms. The summed E-state index contributed by atoms with van der Waals surface area (Å²) in [5.41, 5.74) is 7.23. The Morgan fingerprint density at radius 1 is 1.48 bits per heavy atom. The molecular weight excluding hydrogens is 284 g/mol. The van der Waals surface area contributed by atoms with Gasteiger partial charge in [0.15, 0.2) is 0 Å². The lowest BCUT2D eigenvalue weighted by Crippen LogP contribution is -2.52. The highest BCUT2D eigenvalue weighted by molar-refractivity contribution is 7.98. The van der Waals surface area contributed by atoms with E-state index in [9.17, 15) is 4.79 Å². The predicted octanol–water partition coefficient (Wildman–Crippen LogP) is 1.54. The third-order valence-corrected chi connectivity index (χ3v) is 4.35. The molecule has 1 heterocycles. The van der Waals surface area contributed by atoms with E-state index in [0.717, 1.165) is 18.6 Å². The van der Waals surface area contributed by atoms with Crippen LogP contribution in [0.25, 0.3) is 0 Å². The third-order valence-electron chi connectivity index (χ3n) is 3.71. The van der Waals surface area contributed by atoms with Gasteiger partial charge in [-0.3, -0.25) is 4.79 Å². The molecule has 1 amide bonds. The van der Waals surface area contributed by atoms with Gasteiger partial charge in [0.1, 0.15) is 0 Å². The van der Waals surface area contributed by atoms with Gasteiger partial charge in [-0.25, -0.2) is 0 Å². The summed E-state index contributed by atoms with van der Waals surface area (Å²) in [5.74, 6) is 0.982. The van der Waals surface area contributed by atoms with E-state index in [1.54, 1.807) is 11.8 Å². The van der Waals surface area contributed by atoms with Crippen molar-refractivity contribution in [2.75, 3.05) is 31.7 Å². The van der Waals surface area contributed by atoms with Gasteiger partial charge < -0.3 is 15.4 Å². The molecular formula is C16H24N2O2S. The van der Waals surface area contributed by atoms with Crippen LogP contribution < -0.4 is 5.73 Å². The van der Waals surface area contributed by atoms with Gasteiger partial charge in [-0.15, -0.1) is 0 Å². The Hall–Kier alpha value is -1.04. The first-order chi connectivity index (χ1) is 10.2. The second-order valence-electron chi connectivity index (χ2n) is 5.35. The summed E-state index contributed by atoms with van der Waals surface area (Å²) in [4.78, 5) is 14.2. The number of rotatable bonds is 6. The molecule has 0 aromatic heterocycles. The van der Waals surface area contributed by atoms with Gasteiger partial charge in [-0.2, -0.15) is 11.8 Å². The van der Waals surface area contributed by atoms with Gasteiger partial charge in [-0.1, -0.05) is 30.3 Å². The summed E-state index contributed by atoms with van der Waals surface area (Å²) in [6.07, 6.45) is 3.67. The first kappa shape index (κ1) is 16.3. The second-order valence-corrected chi connectivity index (χ2v) is 6.34. The molecule has 0 bridgehead atoms. The van der Waals surface area contributed by atoms with E-state index in [4.69, 9.17) is 10.5 Å². The Bertz CT molecular complexity index is 441. The number of ether oxygens (including phenoxy) is 1. The van der Waals surface area contributed by atoms with Crippen molar-refractivity contribution < 1.29 is 9.53 Å². The first-order valence-corrected chi connectivity index (χ1v) is 8.79. The molecule has 2 atom stereocenters. The lowest BCUT2D eigenvalue weighted by molar-refractivity contribution is -0.140. The first-order valence-electron chi connectivity index (χ1n) is 7.39. The number of benzene rings is 1. The van der Waals surface area contributed by atoms with Crippen molar-refractivity contribution in [2.24, 2.45) is 5.73 Å². The van der Waals surface area contributed by atoms with Crippen LogP contribution in [0.5, 0.6) is 0 Å². The zero-order valence-electron chi connectivity index (χ0n) is 12.5. The van der Waals surface area contributed by atoms with Crippen LogP contribution in [0.1, 0.15) is 12.0 Å². The van der Waals surface area contributed by atoms with E-state index in [0.29, 0.717) is 19.7 Å². The number of nitrogens with zero attached hydrogens (tertiary/aromatic N) is 1. The van der Waals surface area contributed by atoms with Crippen LogP contribution in [-0.2, 0) is 16.0 Å². The van der Waals surface area contributed by atoms with Gasteiger partial charge in [-0.05, 0) is 24.0 Å². The predicted molar refractivity (Wildman–Crippen MR) is 87.4 cm³/mol. The summed E-state index contributed by atoms with van der Waals surface area (Å²) in [6.45, 7) is 1.89. The standard InChI is InChI=1S/C16H24N2O2S/c1-21-10-7-15(17)16(19)18-8-9-20-14(12-18)11-13-5-3-2-4-6-13/h2-6,14-15H,7-12,17H2,1H3/t14-,15+/m0/s1. The highest BCUT2D eigenvalue weighted by Crippen LogP contribution is 2.13. The van der Waals surface area contributed by atoms with Gasteiger partial charge in [0.05, 0.1) is 18.8 Å². The zero-order valence-corrected chi connectivity index (χ0v) is 13.3. The highest BCUT2D eigenvalue weighted by atomic mass is 32.2. The minimum Gasteiger partial charge on any atom is -0.374 e. The van der Waals surface area contributed by atoms with Crippen LogP contribution in [0.2, 0.25) is 0 Å². The smallest absolute Gasteiger partial charge is 0.239 e. The number of thioether (sulfide) groups is 1. The molecule has 1 saturated heterocycles. The van der Waals surface area contributed by atoms with Crippen LogP contribution in [0, 0.1) is 0 Å². The molecule has 0 saturated carbocycles. The van der Waals surface area contributed by atoms with Crippen molar-refractivity contribution >= 4 is 17.7 Å². The summed E-state index contributed by atoms with van der Waals surface area (Å²) in [5, 5.41) is 0. The van der Waals surface area contributed by atoms with Crippen LogP contribution in [0.4, 0.5) is 0 Å². The molecule has 0 unspecified atom stereocenters. The van der Waals surface area contributed by atoms with Crippen LogP contribution >= 0.6 is 11.8 Å². The SMILES string of the molecule is CSCC[C@@H](N)C(=O)N1CCO[C@@H](Cc2ccccc2)C1. The lowest BCUT2D eigenvalue weighted by Gasteiger charge is -2.34. The minimum absolute atomic E-state index is 0.0606. The zero-order chi connectivity index (χ0) is 15.1. The fraction of sp³-hybridized carbons (Fsp3) is 0.562. The van der Waals surface area contributed by atoms with Crippen LogP contribution in [-0.4, -0.2) is 54.7 Å². The molecule has 1 fully saturated rings. The lowest BCUT2D eigenvalue weighted by atomic mass is 10.1. The summed E-state index contributed by atoms with van der Waals surface area (Å²) >= 11 is 1.72. The Labute approximate surface area is 131 Å². The molecule has 4 nitrogen and oxygen atoms in total. The average molecular weight is 308 g/mol. The van der Waals surface area contributed by atoms with Gasteiger partial charge in [0.25, 0.3) is 0 Å². The largest absolute Gasteiger partial charge is 0.374 e. The van der Waals surface area contributed by atoms with Crippen molar-refractivity contribution in [1.29, 1.82) is 0 Å². The van der Waals surface area contributed by atoms with E-state index in [-0.39, 0.29) is 18.1 Å². The van der Waals surface area contributed by atoms with Gasteiger partial charge in [0.2, 0.25) is 5.91 Å². The third kappa shape index (κ3) is 5.02. The number of hydrogen-bond donors (Lipinski definition) is 1. The second kappa shape index (κ2) is 8.41. The van der Waals surface area contributed by atoms with Crippen molar-refractivity contribution in [3.05, 3.63) is 35.9 Å². The Morgan fingerprint density at radius 3 is 2.95 bits per heavy atom. The molecule has 1 aliphatic rings. The number of morpholine rings is 1. The van der Waals surface area contributed by atoms with Gasteiger partial charge >= 0.3 is 0 Å². The normalized spacial score (nSPS) is 20.3. The Morgan fingerprint density at radius 2 is 2.24 bits per heavy atom. The summed E-state index contributed by atoms with van der Waals surface area (Å²) in [6, 6.07) is 9.86. The van der Waals surface area contributed by atoms with Crippen molar-refractivity contribution in [3.8, 4) is 0 Å². The highest BCUT2D eigenvalue weighted by Gasteiger charge is 2.27. The van der Waals surface area contributed by atoms with Crippen molar-refractivity contribution in [1.82, 2.24) is 4.90 Å². The topological polar surface area (TPSA) is 55.6 Å². The maximum absolute atomic E-state index is 12.3. The number of carbonyl (C=O) groups excluding carboxylic acids is 1. The quantitative estimate of drug-likeness (QED) is 0.866. The molecule has 21 heavy (non-hydrogen) atoms. The van der Waals surface area contributed by atoms with E-state index < -0.39 is 0 Å². The molecule has 2 N–H and O–H groups in total. The minimum atomic E-state index is -0.382. The Kier molecular flexibility index (Phi) is 6.54. The fourth-order valence-corrected chi connectivity index (χ4v) is 3.01. The maximum Gasteiger partial charge on any atom is 0.239 e. The van der Waals surface area contributed by atoms with Crippen molar-refractivity contribution in [2.45, 2.75) is 25.0 Å². The molecule has 2 rings (SSSR count). The van der Waals surface area contributed by atoms with Crippen molar-refractivity contribution in [3.63, 3.8) is 0 Å². The molecule has 0 aliphatic carbocycles. The van der Waals surface area contributed by atoms with Crippen LogP contribution in [0.15, 0.2) is 30.3 Å². The molecule has 5 heteroatoms. The molecule has 1 aromatic rings. The summed E-state index contributed by atoms with van der Waals surface area (Å²) < 4.78 is 5.78. The van der Waals surface area contributed by atoms with E-state index >= 15 is 0 Å². The summed E-state index contributed by atoms with van der Waals surface area (Å²) in [7, 11) is 0. The number of amides is 1. The number of carbonyl (C=O) groups is 1. The van der Waals surface area contributed by atoms with Gasteiger partial charge in [0, 0.05) is 19.5 Å². The molecule has 0 radical (unpaired) electrons.